The molecule has 3 aromatic carbocycles. The van der Waals surface area contributed by atoms with Gasteiger partial charge in [0.1, 0.15) is 10.8 Å². The van der Waals surface area contributed by atoms with E-state index in [0.29, 0.717) is 6.42 Å². The average molecular weight is 403 g/mol. The van der Waals surface area contributed by atoms with Crippen molar-refractivity contribution in [1.29, 1.82) is 0 Å². The lowest BCUT2D eigenvalue weighted by atomic mass is 9.98. The molecule has 0 saturated heterocycles. The van der Waals surface area contributed by atoms with Gasteiger partial charge in [0.15, 0.2) is 0 Å². The number of ether oxygens (including phenoxy) is 1. The van der Waals surface area contributed by atoms with Gasteiger partial charge in [0.25, 0.3) is 0 Å². The summed E-state index contributed by atoms with van der Waals surface area (Å²) in [6, 6.07) is 23.7. The lowest BCUT2D eigenvalue weighted by Gasteiger charge is -2.15. The SMILES string of the molecule is COc1ccc(NC(=O)[C@@H](Cc2ccc(C)cc2)c2nc3ccccc3s2)cc1. The number of hydrogen-bond donors (Lipinski definition) is 1. The summed E-state index contributed by atoms with van der Waals surface area (Å²) >= 11 is 1.58. The highest BCUT2D eigenvalue weighted by atomic mass is 32.1. The van der Waals surface area contributed by atoms with Gasteiger partial charge in [-0.05, 0) is 55.3 Å². The first-order chi connectivity index (χ1) is 14.1. The Kier molecular flexibility index (Phi) is 5.58. The fraction of sp³-hybridized carbons (Fsp3) is 0.167. The predicted octanol–water partition coefficient (Wildman–Crippen LogP) is 5.58. The van der Waals surface area contributed by atoms with Crippen LogP contribution in [0.4, 0.5) is 5.69 Å². The quantitative estimate of drug-likeness (QED) is 0.458. The number of hydrogen-bond acceptors (Lipinski definition) is 4. The van der Waals surface area contributed by atoms with Crippen molar-refractivity contribution >= 4 is 33.1 Å². The van der Waals surface area contributed by atoms with Crippen molar-refractivity contribution in [1.82, 2.24) is 4.98 Å². The number of para-hydroxylation sites is 1. The third-order valence-corrected chi connectivity index (χ3v) is 5.99. The van der Waals surface area contributed by atoms with Crippen molar-refractivity contribution in [3.63, 3.8) is 0 Å². The van der Waals surface area contributed by atoms with E-state index in [-0.39, 0.29) is 11.8 Å². The van der Waals surface area contributed by atoms with Crippen LogP contribution in [0.3, 0.4) is 0 Å². The molecule has 1 heterocycles. The molecule has 4 rings (SSSR count). The summed E-state index contributed by atoms with van der Waals surface area (Å²) in [5.41, 5.74) is 3.99. The summed E-state index contributed by atoms with van der Waals surface area (Å²) in [5, 5.41) is 3.87. The van der Waals surface area contributed by atoms with Crippen LogP contribution in [0, 0.1) is 6.92 Å². The predicted molar refractivity (Wildman–Crippen MR) is 119 cm³/mol. The molecule has 29 heavy (non-hydrogen) atoms. The Bertz CT molecular complexity index is 1080. The first-order valence-corrected chi connectivity index (χ1v) is 10.3. The Morgan fingerprint density at radius 2 is 1.76 bits per heavy atom. The van der Waals surface area contributed by atoms with Crippen LogP contribution in [0.2, 0.25) is 0 Å². The molecule has 1 atom stereocenters. The maximum Gasteiger partial charge on any atom is 0.234 e. The maximum absolute atomic E-state index is 13.2. The fourth-order valence-corrected chi connectivity index (χ4v) is 4.26. The van der Waals surface area contributed by atoms with Crippen LogP contribution in [0.5, 0.6) is 5.75 Å². The number of thiazole rings is 1. The van der Waals surface area contributed by atoms with Crippen LogP contribution in [-0.2, 0) is 11.2 Å². The molecular weight excluding hydrogens is 380 g/mol. The second kappa shape index (κ2) is 8.45. The summed E-state index contributed by atoms with van der Waals surface area (Å²) in [6.07, 6.45) is 0.599. The van der Waals surface area contributed by atoms with E-state index in [0.717, 1.165) is 32.2 Å². The smallest absolute Gasteiger partial charge is 0.234 e. The summed E-state index contributed by atoms with van der Waals surface area (Å²) < 4.78 is 6.28. The standard InChI is InChI=1S/C24H22N2O2S/c1-16-7-9-17(10-8-16)15-20(24-26-21-5-3-4-6-22(21)29-24)23(27)25-18-11-13-19(28-2)14-12-18/h3-14,20H,15H2,1-2H3,(H,25,27)/t20-/m1/s1. The van der Waals surface area contributed by atoms with Crippen LogP contribution >= 0.6 is 11.3 Å². The van der Waals surface area contributed by atoms with E-state index >= 15 is 0 Å². The number of rotatable bonds is 6. The molecule has 0 fully saturated rings. The van der Waals surface area contributed by atoms with E-state index < -0.39 is 0 Å². The van der Waals surface area contributed by atoms with E-state index in [1.807, 2.05) is 48.5 Å². The Balaban J connectivity index is 1.64. The molecule has 4 nitrogen and oxygen atoms in total. The number of carbonyl (C=O) groups is 1. The van der Waals surface area contributed by atoms with Gasteiger partial charge in [-0.15, -0.1) is 11.3 Å². The number of anilines is 1. The van der Waals surface area contributed by atoms with E-state index in [9.17, 15) is 4.79 Å². The summed E-state index contributed by atoms with van der Waals surface area (Å²) in [4.78, 5) is 18.0. The Morgan fingerprint density at radius 3 is 2.45 bits per heavy atom. The second-order valence-corrected chi connectivity index (χ2v) is 8.04. The minimum Gasteiger partial charge on any atom is -0.497 e. The van der Waals surface area contributed by atoms with Crippen LogP contribution in [-0.4, -0.2) is 18.0 Å². The van der Waals surface area contributed by atoms with Crippen molar-refractivity contribution in [2.45, 2.75) is 19.3 Å². The second-order valence-electron chi connectivity index (χ2n) is 6.98. The Labute approximate surface area is 174 Å². The van der Waals surface area contributed by atoms with E-state index in [1.54, 1.807) is 18.4 Å². The number of benzene rings is 3. The number of nitrogens with zero attached hydrogens (tertiary/aromatic N) is 1. The molecule has 0 radical (unpaired) electrons. The summed E-state index contributed by atoms with van der Waals surface area (Å²) in [7, 11) is 1.62. The van der Waals surface area contributed by atoms with Crippen molar-refractivity contribution in [3.05, 3.63) is 88.9 Å². The van der Waals surface area contributed by atoms with Gasteiger partial charge < -0.3 is 10.1 Å². The fourth-order valence-electron chi connectivity index (χ4n) is 3.19. The number of carbonyl (C=O) groups excluding carboxylic acids is 1. The lowest BCUT2D eigenvalue weighted by Crippen LogP contribution is -2.23. The van der Waals surface area contributed by atoms with Gasteiger partial charge in [-0.1, -0.05) is 42.0 Å². The molecule has 0 unspecified atom stereocenters. The lowest BCUT2D eigenvalue weighted by molar-refractivity contribution is -0.117. The Morgan fingerprint density at radius 1 is 1.03 bits per heavy atom. The first kappa shape index (κ1) is 19.2. The van der Waals surface area contributed by atoms with Crippen molar-refractivity contribution in [2.24, 2.45) is 0 Å². The van der Waals surface area contributed by atoms with Gasteiger partial charge in [-0.25, -0.2) is 4.98 Å². The zero-order chi connectivity index (χ0) is 20.2. The minimum absolute atomic E-state index is 0.0604. The van der Waals surface area contributed by atoms with E-state index in [2.05, 4.69) is 36.5 Å². The highest BCUT2D eigenvalue weighted by molar-refractivity contribution is 7.18. The summed E-state index contributed by atoms with van der Waals surface area (Å²) in [6.45, 7) is 2.06. The van der Waals surface area contributed by atoms with Crippen LogP contribution < -0.4 is 10.1 Å². The molecule has 0 aliphatic carbocycles. The van der Waals surface area contributed by atoms with Gasteiger partial charge in [0.05, 0.1) is 23.2 Å². The molecule has 146 valence electrons. The molecule has 1 N–H and O–H groups in total. The highest BCUT2D eigenvalue weighted by Gasteiger charge is 2.25. The number of fused-ring (bicyclic) bond motifs is 1. The molecule has 0 spiro atoms. The monoisotopic (exact) mass is 402 g/mol. The minimum atomic E-state index is -0.364. The van der Waals surface area contributed by atoms with Gasteiger partial charge in [-0.3, -0.25) is 4.79 Å². The van der Waals surface area contributed by atoms with Gasteiger partial charge in [0.2, 0.25) is 5.91 Å². The molecule has 1 amide bonds. The largest absolute Gasteiger partial charge is 0.497 e. The normalized spacial score (nSPS) is 11.9. The third kappa shape index (κ3) is 4.46. The molecular formula is C24H22N2O2S. The van der Waals surface area contributed by atoms with Crippen molar-refractivity contribution in [3.8, 4) is 5.75 Å². The molecule has 0 bridgehead atoms. The highest BCUT2D eigenvalue weighted by Crippen LogP contribution is 2.31. The van der Waals surface area contributed by atoms with Gasteiger partial charge in [0, 0.05) is 5.69 Å². The zero-order valence-electron chi connectivity index (χ0n) is 16.4. The third-order valence-electron chi connectivity index (χ3n) is 4.84. The molecule has 0 aliphatic rings. The topological polar surface area (TPSA) is 51.2 Å². The molecule has 0 aliphatic heterocycles. The van der Waals surface area contributed by atoms with E-state index in [4.69, 9.17) is 9.72 Å². The number of amides is 1. The van der Waals surface area contributed by atoms with Crippen molar-refractivity contribution < 1.29 is 9.53 Å². The number of aryl methyl sites for hydroxylation is 1. The zero-order valence-corrected chi connectivity index (χ0v) is 17.2. The van der Waals surface area contributed by atoms with Crippen LogP contribution in [0.1, 0.15) is 22.1 Å². The van der Waals surface area contributed by atoms with Crippen LogP contribution in [0.25, 0.3) is 10.2 Å². The van der Waals surface area contributed by atoms with Gasteiger partial charge >= 0.3 is 0 Å². The average Bonchev–Trinajstić information content (AvgIpc) is 3.17. The molecule has 0 saturated carbocycles. The Hall–Kier alpha value is -3.18. The van der Waals surface area contributed by atoms with Gasteiger partial charge in [-0.2, -0.15) is 0 Å². The maximum atomic E-state index is 13.2. The van der Waals surface area contributed by atoms with Crippen LogP contribution in [0.15, 0.2) is 72.8 Å². The first-order valence-electron chi connectivity index (χ1n) is 9.48. The number of aromatic nitrogens is 1. The molecule has 5 heteroatoms. The number of nitrogens with one attached hydrogen (secondary N) is 1. The molecule has 1 aromatic heterocycles. The van der Waals surface area contributed by atoms with E-state index in [1.165, 1.54) is 5.56 Å². The number of methoxy groups -OCH3 is 1. The van der Waals surface area contributed by atoms with Crippen molar-refractivity contribution in [2.75, 3.05) is 12.4 Å². The summed E-state index contributed by atoms with van der Waals surface area (Å²) in [5.74, 6) is 0.331. The molecule has 4 aromatic rings.